The molecule has 0 aliphatic rings. The lowest BCUT2D eigenvalue weighted by Gasteiger charge is -2.21. The highest BCUT2D eigenvalue weighted by Gasteiger charge is 2.17. The average Bonchev–Trinajstić information content (AvgIpc) is 2.62. The van der Waals surface area contributed by atoms with E-state index in [4.69, 9.17) is 11.6 Å². The number of aromatic nitrogens is 1. The van der Waals surface area contributed by atoms with Crippen LogP contribution in [0.2, 0.25) is 5.02 Å². The van der Waals surface area contributed by atoms with Crippen LogP contribution < -0.4 is 5.56 Å². The van der Waals surface area contributed by atoms with Gasteiger partial charge in [0, 0.05) is 21.5 Å². The number of nitrogens with zero attached hydrogens (tertiary/aromatic N) is 1. The van der Waals surface area contributed by atoms with Crippen LogP contribution >= 0.6 is 11.6 Å². The summed E-state index contributed by atoms with van der Waals surface area (Å²) in [7, 11) is 0. The van der Waals surface area contributed by atoms with Crippen LogP contribution in [0.1, 0.15) is 26.3 Å². The summed E-state index contributed by atoms with van der Waals surface area (Å²) in [6.45, 7) is 6.54. The highest BCUT2D eigenvalue weighted by atomic mass is 35.5. The molecule has 0 unspecified atom stereocenters. The maximum absolute atomic E-state index is 13.3. The summed E-state index contributed by atoms with van der Waals surface area (Å²) in [6.07, 6.45) is 0. The van der Waals surface area contributed by atoms with Gasteiger partial charge in [-0.2, -0.15) is 0 Å². The molecule has 3 heteroatoms. The first-order valence-corrected chi connectivity index (χ1v) is 9.08. The van der Waals surface area contributed by atoms with E-state index in [1.807, 2.05) is 48.5 Å². The van der Waals surface area contributed by atoms with Gasteiger partial charge in [0.1, 0.15) is 0 Å². The Morgan fingerprint density at radius 3 is 2.12 bits per heavy atom. The van der Waals surface area contributed by atoms with Crippen molar-refractivity contribution < 1.29 is 0 Å². The predicted octanol–water partition coefficient (Wildman–Crippen LogP) is 6.09. The highest BCUT2D eigenvalue weighted by Crippen LogP contribution is 2.30. The number of hydrogen-bond donors (Lipinski definition) is 0. The summed E-state index contributed by atoms with van der Waals surface area (Å²) in [4.78, 5) is 13.3. The van der Waals surface area contributed by atoms with Gasteiger partial charge >= 0.3 is 0 Å². The second-order valence-electron chi connectivity index (χ2n) is 7.64. The molecule has 0 aliphatic carbocycles. The second kappa shape index (κ2) is 6.00. The SMILES string of the molecule is CC(C)(C)c1ccc2c3ccccc3c(=O)n(-c3ccc(Cl)cc3)c2c1. The van der Waals surface area contributed by atoms with Gasteiger partial charge in [-0.1, -0.05) is 62.7 Å². The van der Waals surface area contributed by atoms with Crippen LogP contribution in [-0.2, 0) is 5.41 Å². The predicted molar refractivity (Wildman–Crippen MR) is 111 cm³/mol. The van der Waals surface area contributed by atoms with Crippen molar-refractivity contribution in [2.24, 2.45) is 0 Å². The number of hydrogen-bond acceptors (Lipinski definition) is 1. The minimum Gasteiger partial charge on any atom is -0.276 e. The molecule has 0 bridgehead atoms. The van der Waals surface area contributed by atoms with Crippen LogP contribution in [0.4, 0.5) is 0 Å². The normalized spacial score (nSPS) is 12.0. The largest absolute Gasteiger partial charge is 0.276 e. The van der Waals surface area contributed by atoms with Gasteiger partial charge in [0.25, 0.3) is 5.56 Å². The fourth-order valence-corrected chi connectivity index (χ4v) is 3.52. The van der Waals surface area contributed by atoms with Gasteiger partial charge in [0.15, 0.2) is 0 Å². The molecule has 0 spiro atoms. The topological polar surface area (TPSA) is 22.0 Å². The number of fused-ring (bicyclic) bond motifs is 3. The molecule has 4 rings (SSSR count). The first kappa shape index (κ1) is 16.9. The summed E-state index contributed by atoms with van der Waals surface area (Å²) in [5.41, 5.74) is 2.93. The van der Waals surface area contributed by atoms with E-state index in [1.54, 1.807) is 4.57 Å². The summed E-state index contributed by atoms with van der Waals surface area (Å²) in [5, 5.41) is 3.43. The van der Waals surface area contributed by atoms with E-state index < -0.39 is 0 Å². The van der Waals surface area contributed by atoms with Crippen molar-refractivity contribution in [1.82, 2.24) is 4.57 Å². The van der Waals surface area contributed by atoms with E-state index in [0.717, 1.165) is 27.4 Å². The molecule has 0 fully saturated rings. The van der Waals surface area contributed by atoms with Crippen molar-refractivity contribution in [1.29, 1.82) is 0 Å². The molecule has 1 aromatic heterocycles. The van der Waals surface area contributed by atoms with E-state index in [9.17, 15) is 4.79 Å². The molecule has 0 aliphatic heterocycles. The van der Waals surface area contributed by atoms with Gasteiger partial charge in [-0.3, -0.25) is 9.36 Å². The Balaban J connectivity index is 2.20. The molecule has 2 nitrogen and oxygen atoms in total. The zero-order valence-electron chi connectivity index (χ0n) is 15.1. The Hall–Kier alpha value is -2.58. The van der Waals surface area contributed by atoms with Crippen molar-refractivity contribution >= 4 is 33.3 Å². The Bertz CT molecular complexity index is 1180. The Morgan fingerprint density at radius 1 is 0.808 bits per heavy atom. The third-order valence-corrected chi connectivity index (χ3v) is 5.09. The van der Waals surface area contributed by atoms with E-state index in [0.29, 0.717) is 5.02 Å². The van der Waals surface area contributed by atoms with Crippen LogP contribution in [0.3, 0.4) is 0 Å². The van der Waals surface area contributed by atoms with Crippen LogP contribution in [0.15, 0.2) is 71.5 Å². The first-order chi connectivity index (χ1) is 12.4. The van der Waals surface area contributed by atoms with Crippen molar-refractivity contribution in [2.75, 3.05) is 0 Å². The molecule has 26 heavy (non-hydrogen) atoms. The fraction of sp³-hybridized carbons (Fsp3) is 0.174. The maximum atomic E-state index is 13.3. The summed E-state index contributed by atoms with van der Waals surface area (Å²) in [5.74, 6) is 0. The Kier molecular flexibility index (Phi) is 3.89. The molecule has 1 heterocycles. The van der Waals surface area contributed by atoms with Gasteiger partial charge in [-0.25, -0.2) is 0 Å². The average molecular weight is 362 g/mol. The van der Waals surface area contributed by atoms with E-state index >= 15 is 0 Å². The molecule has 4 aromatic rings. The second-order valence-corrected chi connectivity index (χ2v) is 8.08. The molecular formula is C23H20ClNO. The highest BCUT2D eigenvalue weighted by molar-refractivity contribution is 6.30. The van der Waals surface area contributed by atoms with Gasteiger partial charge in [0.05, 0.1) is 5.52 Å². The van der Waals surface area contributed by atoms with Crippen molar-refractivity contribution in [3.8, 4) is 5.69 Å². The van der Waals surface area contributed by atoms with Gasteiger partial charge in [-0.15, -0.1) is 0 Å². The summed E-state index contributed by atoms with van der Waals surface area (Å²) >= 11 is 6.05. The van der Waals surface area contributed by atoms with E-state index in [1.165, 1.54) is 5.56 Å². The number of rotatable bonds is 1. The Labute approximate surface area is 157 Å². The minimum atomic E-state index is -0.0125. The first-order valence-electron chi connectivity index (χ1n) is 8.70. The molecule has 0 atom stereocenters. The molecule has 0 saturated heterocycles. The molecule has 0 radical (unpaired) electrons. The third-order valence-electron chi connectivity index (χ3n) is 4.84. The number of pyridine rings is 1. The van der Waals surface area contributed by atoms with Crippen molar-refractivity contribution in [3.05, 3.63) is 87.7 Å². The maximum Gasteiger partial charge on any atom is 0.263 e. The third kappa shape index (κ3) is 2.71. The fourth-order valence-electron chi connectivity index (χ4n) is 3.39. The minimum absolute atomic E-state index is 0.000703. The van der Waals surface area contributed by atoms with Crippen LogP contribution in [-0.4, -0.2) is 4.57 Å². The van der Waals surface area contributed by atoms with Crippen molar-refractivity contribution in [3.63, 3.8) is 0 Å². The lowest BCUT2D eigenvalue weighted by molar-refractivity contribution is 0.591. The van der Waals surface area contributed by atoms with Gasteiger partial charge in [-0.05, 0) is 52.8 Å². The lowest BCUT2D eigenvalue weighted by atomic mass is 9.86. The quantitative estimate of drug-likeness (QED) is 0.376. The van der Waals surface area contributed by atoms with Crippen LogP contribution in [0, 0.1) is 0 Å². The van der Waals surface area contributed by atoms with Crippen LogP contribution in [0.25, 0.3) is 27.4 Å². The zero-order valence-corrected chi connectivity index (χ0v) is 15.8. The van der Waals surface area contributed by atoms with Crippen LogP contribution in [0.5, 0.6) is 0 Å². The standard InChI is InChI=1S/C23H20ClNO/c1-23(2,3)15-8-13-19-18-6-4-5-7-20(18)22(26)25(21(19)14-15)17-11-9-16(24)10-12-17/h4-14H,1-3H3. The Morgan fingerprint density at radius 2 is 1.46 bits per heavy atom. The monoisotopic (exact) mass is 361 g/mol. The molecule has 0 saturated carbocycles. The zero-order chi connectivity index (χ0) is 18.5. The smallest absolute Gasteiger partial charge is 0.263 e. The molecule has 0 amide bonds. The van der Waals surface area contributed by atoms with Gasteiger partial charge < -0.3 is 0 Å². The van der Waals surface area contributed by atoms with Crippen molar-refractivity contribution in [2.45, 2.75) is 26.2 Å². The molecular weight excluding hydrogens is 342 g/mol. The molecule has 130 valence electrons. The lowest BCUT2D eigenvalue weighted by Crippen LogP contribution is -2.20. The van der Waals surface area contributed by atoms with E-state index in [-0.39, 0.29) is 11.0 Å². The summed E-state index contributed by atoms with van der Waals surface area (Å²) in [6, 6.07) is 21.6. The summed E-state index contributed by atoms with van der Waals surface area (Å²) < 4.78 is 1.79. The number of halogens is 1. The molecule has 0 N–H and O–H groups in total. The van der Waals surface area contributed by atoms with E-state index in [2.05, 4.69) is 39.0 Å². The van der Waals surface area contributed by atoms with Gasteiger partial charge in [0.2, 0.25) is 0 Å². The number of benzene rings is 3. The molecule has 3 aromatic carbocycles.